The number of carbonyl (C=O) groups excluding carboxylic acids is 1. The molecular weight excluding hydrogens is 292 g/mol. The fourth-order valence-electron chi connectivity index (χ4n) is 2.40. The molecule has 2 aromatic carbocycles. The summed E-state index contributed by atoms with van der Waals surface area (Å²) in [6.45, 7) is 0.683. The molecule has 0 saturated carbocycles. The van der Waals surface area contributed by atoms with Crippen molar-refractivity contribution in [3.8, 4) is 11.5 Å². The molecule has 120 valence electrons. The van der Waals surface area contributed by atoms with E-state index in [4.69, 9.17) is 9.47 Å². The molecule has 0 radical (unpaired) electrons. The first-order valence-corrected chi connectivity index (χ1v) is 7.56. The van der Waals surface area contributed by atoms with Crippen molar-refractivity contribution < 1.29 is 14.3 Å². The molecule has 0 spiro atoms. The van der Waals surface area contributed by atoms with E-state index < -0.39 is 6.10 Å². The van der Waals surface area contributed by atoms with E-state index in [1.807, 2.05) is 61.5 Å². The van der Waals surface area contributed by atoms with Crippen LogP contribution in [0.3, 0.4) is 0 Å². The van der Waals surface area contributed by atoms with Gasteiger partial charge in [-0.25, -0.2) is 0 Å². The lowest BCUT2D eigenvalue weighted by atomic mass is 10.2. The fourth-order valence-corrected chi connectivity index (χ4v) is 2.40. The Balaban J connectivity index is 1.59. The van der Waals surface area contributed by atoms with Crippen molar-refractivity contribution in [1.29, 1.82) is 0 Å². The van der Waals surface area contributed by atoms with Crippen molar-refractivity contribution in [2.24, 2.45) is 0 Å². The summed E-state index contributed by atoms with van der Waals surface area (Å²) in [5.74, 6) is 1.11. The van der Waals surface area contributed by atoms with Crippen molar-refractivity contribution in [2.45, 2.75) is 12.6 Å². The average molecular weight is 312 g/mol. The summed E-state index contributed by atoms with van der Waals surface area (Å²) in [6.07, 6.45) is -0.623. The maximum Gasteiger partial charge on any atom is 0.264 e. The molecular formula is C18H20N2O3. The molecule has 1 aliphatic heterocycles. The number of nitrogens with one attached hydrogen (secondary N) is 1. The van der Waals surface area contributed by atoms with Crippen LogP contribution in [0.5, 0.6) is 11.5 Å². The van der Waals surface area contributed by atoms with E-state index in [2.05, 4.69) is 5.32 Å². The van der Waals surface area contributed by atoms with E-state index in [9.17, 15) is 4.79 Å². The molecule has 0 bridgehead atoms. The molecule has 5 heteroatoms. The number of hydrogen-bond acceptors (Lipinski definition) is 4. The zero-order chi connectivity index (χ0) is 16.2. The van der Waals surface area contributed by atoms with E-state index in [1.165, 1.54) is 0 Å². The number of nitrogens with zero attached hydrogens (tertiary/aromatic N) is 1. The monoisotopic (exact) mass is 312 g/mol. The lowest BCUT2D eigenvalue weighted by Crippen LogP contribution is -2.43. The van der Waals surface area contributed by atoms with Gasteiger partial charge in [-0.3, -0.25) is 4.79 Å². The molecule has 23 heavy (non-hydrogen) atoms. The van der Waals surface area contributed by atoms with Gasteiger partial charge in [0.2, 0.25) is 6.10 Å². The largest absolute Gasteiger partial charge is 0.485 e. The molecule has 1 heterocycles. The highest BCUT2D eigenvalue weighted by molar-refractivity contribution is 5.81. The third kappa shape index (κ3) is 3.56. The maximum absolute atomic E-state index is 12.3. The molecule has 0 saturated heterocycles. The van der Waals surface area contributed by atoms with Crippen LogP contribution in [0.4, 0.5) is 5.69 Å². The molecule has 1 aliphatic rings. The molecule has 0 fully saturated rings. The van der Waals surface area contributed by atoms with E-state index >= 15 is 0 Å². The number of fused-ring (bicyclic) bond motifs is 1. The Morgan fingerprint density at radius 1 is 1.17 bits per heavy atom. The fraction of sp³-hybridized carbons (Fsp3) is 0.278. The molecule has 1 unspecified atom stereocenters. The first-order chi connectivity index (χ1) is 11.1. The number of para-hydroxylation sites is 2. The second-order valence-corrected chi connectivity index (χ2v) is 5.65. The second kappa shape index (κ2) is 6.60. The summed E-state index contributed by atoms with van der Waals surface area (Å²) >= 11 is 0. The minimum Gasteiger partial charge on any atom is -0.485 e. The molecule has 3 rings (SSSR count). The molecule has 1 atom stereocenters. The van der Waals surface area contributed by atoms with E-state index in [-0.39, 0.29) is 12.5 Å². The number of hydrogen-bond donors (Lipinski definition) is 1. The van der Waals surface area contributed by atoms with Crippen LogP contribution in [0, 0.1) is 0 Å². The van der Waals surface area contributed by atoms with Crippen molar-refractivity contribution in [2.75, 3.05) is 25.6 Å². The lowest BCUT2D eigenvalue weighted by molar-refractivity contribution is -0.130. The van der Waals surface area contributed by atoms with Crippen molar-refractivity contribution in [3.05, 3.63) is 54.1 Å². The van der Waals surface area contributed by atoms with Gasteiger partial charge in [0, 0.05) is 26.3 Å². The van der Waals surface area contributed by atoms with Crippen LogP contribution in [-0.2, 0) is 11.3 Å². The van der Waals surface area contributed by atoms with Crippen LogP contribution in [0.25, 0.3) is 0 Å². The Morgan fingerprint density at radius 2 is 1.96 bits per heavy atom. The second-order valence-electron chi connectivity index (χ2n) is 5.65. The molecule has 1 N–H and O–H groups in total. The first kappa shape index (κ1) is 15.2. The SMILES string of the molecule is CN(C)c1cccc(CNC(=O)C2COc3ccccc3O2)c1. The van der Waals surface area contributed by atoms with Crippen LogP contribution in [0.15, 0.2) is 48.5 Å². The smallest absolute Gasteiger partial charge is 0.264 e. The first-order valence-electron chi connectivity index (χ1n) is 7.56. The molecule has 5 nitrogen and oxygen atoms in total. The molecule has 0 aromatic heterocycles. The number of amides is 1. The maximum atomic E-state index is 12.3. The Hall–Kier alpha value is -2.69. The van der Waals surface area contributed by atoms with E-state index in [0.29, 0.717) is 18.0 Å². The Labute approximate surface area is 135 Å². The van der Waals surface area contributed by atoms with Gasteiger partial charge in [-0.05, 0) is 29.8 Å². The summed E-state index contributed by atoms with van der Waals surface area (Å²) in [6, 6.07) is 15.4. The molecule has 1 amide bonds. The van der Waals surface area contributed by atoms with E-state index in [1.54, 1.807) is 6.07 Å². The summed E-state index contributed by atoms with van der Waals surface area (Å²) in [5, 5.41) is 2.90. The number of benzene rings is 2. The Bertz CT molecular complexity index is 700. The standard InChI is InChI=1S/C18H20N2O3/c1-20(2)14-7-5-6-13(10-14)11-19-18(21)17-12-22-15-8-3-4-9-16(15)23-17/h3-10,17H,11-12H2,1-2H3,(H,19,21). The average Bonchev–Trinajstić information content (AvgIpc) is 2.59. The van der Waals surface area contributed by atoms with Gasteiger partial charge in [0.05, 0.1) is 0 Å². The van der Waals surface area contributed by atoms with Crippen LogP contribution in [0.1, 0.15) is 5.56 Å². The number of carbonyl (C=O) groups is 1. The van der Waals surface area contributed by atoms with Gasteiger partial charge < -0.3 is 19.7 Å². The van der Waals surface area contributed by atoms with Gasteiger partial charge in [-0.2, -0.15) is 0 Å². The van der Waals surface area contributed by atoms with E-state index in [0.717, 1.165) is 11.3 Å². The Kier molecular flexibility index (Phi) is 4.37. The van der Waals surface area contributed by atoms with Gasteiger partial charge in [0.15, 0.2) is 11.5 Å². The Morgan fingerprint density at radius 3 is 2.74 bits per heavy atom. The minimum absolute atomic E-state index is 0.172. The number of ether oxygens (including phenoxy) is 2. The topological polar surface area (TPSA) is 50.8 Å². The zero-order valence-corrected chi connectivity index (χ0v) is 13.3. The quantitative estimate of drug-likeness (QED) is 0.940. The van der Waals surface area contributed by atoms with Crippen molar-refractivity contribution in [1.82, 2.24) is 5.32 Å². The van der Waals surface area contributed by atoms with Gasteiger partial charge in [-0.15, -0.1) is 0 Å². The van der Waals surface area contributed by atoms with Gasteiger partial charge >= 0.3 is 0 Å². The van der Waals surface area contributed by atoms with Crippen molar-refractivity contribution >= 4 is 11.6 Å². The molecule has 0 aliphatic carbocycles. The highest BCUT2D eigenvalue weighted by Crippen LogP contribution is 2.30. The highest BCUT2D eigenvalue weighted by Gasteiger charge is 2.26. The molecule has 2 aromatic rings. The zero-order valence-electron chi connectivity index (χ0n) is 13.3. The third-order valence-electron chi connectivity index (χ3n) is 3.69. The summed E-state index contributed by atoms with van der Waals surface area (Å²) < 4.78 is 11.3. The summed E-state index contributed by atoms with van der Waals surface area (Å²) in [4.78, 5) is 14.3. The summed E-state index contributed by atoms with van der Waals surface area (Å²) in [5.41, 5.74) is 2.14. The predicted octanol–water partition coefficient (Wildman–Crippen LogP) is 2.21. The predicted molar refractivity (Wildman–Crippen MR) is 89.0 cm³/mol. The van der Waals surface area contributed by atoms with Crippen molar-refractivity contribution in [3.63, 3.8) is 0 Å². The normalized spacial score (nSPS) is 15.8. The highest BCUT2D eigenvalue weighted by atomic mass is 16.6. The number of rotatable bonds is 4. The third-order valence-corrected chi connectivity index (χ3v) is 3.69. The van der Waals surface area contributed by atoms with Crippen LogP contribution >= 0.6 is 0 Å². The van der Waals surface area contributed by atoms with Gasteiger partial charge in [-0.1, -0.05) is 24.3 Å². The minimum atomic E-state index is -0.623. The van der Waals surface area contributed by atoms with Gasteiger partial charge in [0.25, 0.3) is 5.91 Å². The van der Waals surface area contributed by atoms with Crippen LogP contribution in [0.2, 0.25) is 0 Å². The van der Waals surface area contributed by atoms with Gasteiger partial charge in [0.1, 0.15) is 6.61 Å². The van der Waals surface area contributed by atoms with Crippen LogP contribution < -0.4 is 19.7 Å². The summed E-state index contributed by atoms with van der Waals surface area (Å²) in [7, 11) is 3.98. The lowest BCUT2D eigenvalue weighted by Gasteiger charge is -2.25. The van der Waals surface area contributed by atoms with Crippen LogP contribution in [-0.4, -0.2) is 32.7 Å². The number of anilines is 1.